The molecular formula is C21H24N2O3. The first kappa shape index (κ1) is 18.1. The smallest absolute Gasteiger partial charge is 0.255 e. The molecule has 26 heavy (non-hydrogen) atoms. The van der Waals surface area contributed by atoms with Gasteiger partial charge in [-0.05, 0) is 55.7 Å². The van der Waals surface area contributed by atoms with Gasteiger partial charge in [0, 0.05) is 43.1 Å². The largest absolute Gasteiger partial charge is 0.381 e. The first-order valence-corrected chi connectivity index (χ1v) is 8.91. The Hall–Kier alpha value is -2.66. The molecular weight excluding hydrogens is 328 g/mol. The van der Waals surface area contributed by atoms with E-state index in [2.05, 4.69) is 5.32 Å². The van der Waals surface area contributed by atoms with Crippen molar-refractivity contribution in [2.24, 2.45) is 0 Å². The highest BCUT2D eigenvalue weighted by atomic mass is 16.5. The van der Waals surface area contributed by atoms with Gasteiger partial charge in [-0.25, -0.2) is 0 Å². The average molecular weight is 352 g/mol. The second kappa shape index (κ2) is 8.15. The van der Waals surface area contributed by atoms with Crippen LogP contribution in [0.25, 0.3) is 0 Å². The van der Waals surface area contributed by atoms with E-state index in [1.54, 1.807) is 6.92 Å². The molecule has 1 aliphatic rings. The third kappa shape index (κ3) is 4.11. The van der Waals surface area contributed by atoms with Crippen molar-refractivity contribution in [1.29, 1.82) is 0 Å². The lowest BCUT2D eigenvalue weighted by atomic mass is 10.1. The quantitative estimate of drug-likeness (QED) is 0.911. The van der Waals surface area contributed by atoms with Crippen molar-refractivity contribution in [3.05, 3.63) is 59.7 Å². The van der Waals surface area contributed by atoms with Crippen molar-refractivity contribution >= 4 is 23.2 Å². The highest BCUT2D eigenvalue weighted by Crippen LogP contribution is 2.25. The van der Waals surface area contributed by atoms with Crippen LogP contribution < -0.4 is 10.2 Å². The molecule has 1 aliphatic heterocycles. The van der Waals surface area contributed by atoms with Gasteiger partial charge in [0.05, 0.1) is 0 Å². The molecule has 0 saturated carbocycles. The lowest BCUT2D eigenvalue weighted by Gasteiger charge is -2.33. The fourth-order valence-corrected chi connectivity index (χ4v) is 3.32. The molecule has 1 saturated heterocycles. The number of carbonyl (C=O) groups is 2. The minimum absolute atomic E-state index is 0.0218. The van der Waals surface area contributed by atoms with E-state index in [4.69, 9.17) is 4.74 Å². The standard InChI is InChI=1S/C21H24N2O3/c1-15-5-3-4-6-20(15)21(25)22-17-7-9-18(10-8-17)23(16(2)24)19-11-13-26-14-12-19/h3-10,19H,11-14H2,1-2H3,(H,22,25). The van der Waals surface area contributed by atoms with Crippen molar-refractivity contribution in [2.45, 2.75) is 32.7 Å². The topological polar surface area (TPSA) is 58.6 Å². The van der Waals surface area contributed by atoms with Gasteiger partial charge in [-0.3, -0.25) is 9.59 Å². The van der Waals surface area contributed by atoms with Gasteiger partial charge in [-0.2, -0.15) is 0 Å². The summed E-state index contributed by atoms with van der Waals surface area (Å²) < 4.78 is 5.39. The van der Waals surface area contributed by atoms with Crippen LogP contribution in [0.5, 0.6) is 0 Å². The van der Waals surface area contributed by atoms with Crippen molar-refractivity contribution in [2.75, 3.05) is 23.4 Å². The first-order chi connectivity index (χ1) is 12.6. The Kier molecular flexibility index (Phi) is 5.68. The van der Waals surface area contributed by atoms with Gasteiger partial charge in [0.2, 0.25) is 5.91 Å². The lowest BCUT2D eigenvalue weighted by molar-refractivity contribution is -0.117. The van der Waals surface area contributed by atoms with Crippen molar-refractivity contribution < 1.29 is 14.3 Å². The lowest BCUT2D eigenvalue weighted by Crippen LogP contribution is -2.42. The number of nitrogens with zero attached hydrogens (tertiary/aromatic N) is 1. The average Bonchev–Trinajstić information content (AvgIpc) is 2.64. The molecule has 0 unspecified atom stereocenters. The van der Waals surface area contributed by atoms with Crippen LogP contribution in [0.3, 0.4) is 0 Å². The molecule has 1 heterocycles. The third-order valence-corrected chi connectivity index (χ3v) is 4.69. The van der Waals surface area contributed by atoms with Gasteiger partial charge >= 0.3 is 0 Å². The number of hydrogen-bond acceptors (Lipinski definition) is 3. The van der Waals surface area contributed by atoms with Gasteiger partial charge in [-0.1, -0.05) is 18.2 Å². The Labute approximate surface area is 154 Å². The minimum Gasteiger partial charge on any atom is -0.381 e. The zero-order valence-corrected chi connectivity index (χ0v) is 15.2. The summed E-state index contributed by atoms with van der Waals surface area (Å²) in [4.78, 5) is 26.4. The number of amides is 2. The van der Waals surface area contributed by atoms with Crippen LogP contribution in [0.2, 0.25) is 0 Å². The summed E-state index contributed by atoms with van der Waals surface area (Å²) in [5, 5.41) is 2.91. The molecule has 5 nitrogen and oxygen atoms in total. The highest BCUT2D eigenvalue weighted by Gasteiger charge is 2.25. The molecule has 5 heteroatoms. The van der Waals surface area contributed by atoms with Crippen molar-refractivity contribution in [3.63, 3.8) is 0 Å². The van der Waals surface area contributed by atoms with Crippen LogP contribution in [0.1, 0.15) is 35.7 Å². The minimum atomic E-state index is -0.135. The van der Waals surface area contributed by atoms with E-state index >= 15 is 0 Å². The Morgan fingerprint density at radius 3 is 2.31 bits per heavy atom. The summed E-state index contributed by atoms with van der Waals surface area (Å²) in [7, 11) is 0. The molecule has 0 radical (unpaired) electrons. The number of nitrogens with one attached hydrogen (secondary N) is 1. The monoisotopic (exact) mass is 352 g/mol. The fourth-order valence-electron chi connectivity index (χ4n) is 3.32. The van der Waals surface area contributed by atoms with E-state index < -0.39 is 0 Å². The summed E-state index contributed by atoms with van der Waals surface area (Å²) in [5.41, 5.74) is 3.14. The van der Waals surface area contributed by atoms with Gasteiger partial charge in [0.1, 0.15) is 0 Å². The molecule has 2 amide bonds. The molecule has 0 aliphatic carbocycles. The van der Waals surface area contributed by atoms with Gasteiger partial charge < -0.3 is 15.0 Å². The second-order valence-electron chi connectivity index (χ2n) is 6.55. The fraction of sp³-hybridized carbons (Fsp3) is 0.333. The van der Waals surface area contributed by atoms with Crippen LogP contribution in [0.4, 0.5) is 11.4 Å². The molecule has 0 spiro atoms. The molecule has 1 fully saturated rings. The van der Waals surface area contributed by atoms with Crippen LogP contribution in [0, 0.1) is 6.92 Å². The molecule has 3 rings (SSSR count). The molecule has 0 bridgehead atoms. The van der Waals surface area contributed by atoms with Crippen LogP contribution in [0.15, 0.2) is 48.5 Å². The second-order valence-corrected chi connectivity index (χ2v) is 6.55. The van der Waals surface area contributed by atoms with Crippen LogP contribution >= 0.6 is 0 Å². The molecule has 2 aromatic carbocycles. The number of rotatable bonds is 4. The highest BCUT2D eigenvalue weighted by molar-refractivity contribution is 6.05. The Morgan fingerprint density at radius 1 is 1.04 bits per heavy atom. The number of benzene rings is 2. The van der Waals surface area contributed by atoms with E-state index in [1.807, 2.05) is 60.4 Å². The van der Waals surface area contributed by atoms with Gasteiger partial charge in [0.25, 0.3) is 5.91 Å². The number of anilines is 2. The zero-order valence-electron chi connectivity index (χ0n) is 15.2. The van der Waals surface area contributed by atoms with Crippen LogP contribution in [-0.4, -0.2) is 31.1 Å². The van der Waals surface area contributed by atoms with Crippen LogP contribution in [-0.2, 0) is 9.53 Å². The number of carbonyl (C=O) groups excluding carboxylic acids is 2. The number of aryl methyl sites for hydroxylation is 1. The molecule has 0 atom stereocenters. The van der Waals surface area contributed by atoms with E-state index in [9.17, 15) is 9.59 Å². The maximum atomic E-state index is 12.4. The predicted octanol–water partition coefficient (Wildman–Crippen LogP) is 3.78. The summed E-state index contributed by atoms with van der Waals surface area (Å²) in [6.07, 6.45) is 1.68. The van der Waals surface area contributed by atoms with Gasteiger partial charge in [0.15, 0.2) is 0 Å². The van der Waals surface area contributed by atoms with E-state index in [0.717, 1.165) is 24.1 Å². The summed E-state index contributed by atoms with van der Waals surface area (Å²) in [5.74, 6) is -0.114. The number of hydrogen-bond donors (Lipinski definition) is 1. The molecule has 1 N–H and O–H groups in total. The van der Waals surface area contributed by atoms with E-state index in [0.29, 0.717) is 24.5 Å². The number of ether oxygens (including phenoxy) is 1. The van der Waals surface area contributed by atoms with Crippen molar-refractivity contribution in [1.82, 2.24) is 0 Å². The molecule has 2 aromatic rings. The summed E-state index contributed by atoms with van der Waals surface area (Å²) >= 11 is 0. The predicted molar refractivity (Wildman–Crippen MR) is 103 cm³/mol. The first-order valence-electron chi connectivity index (χ1n) is 8.91. The zero-order chi connectivity index (χ0) is 18.5. The maximum absolute atomic E-state index is 12.4. The Morgan fingerprint density at radius 2 is 1.69 bits per heavy atom. The molecule has 136 valence electrons. The Balaban J connectivity index is 1.73. The molecule has 0 aromatic heterocycles. The van der Waals surface area contributed by atoms with E-state index in [-0.39, 0.29) is 17.9 Å². The summed E-state index contributed by atoms with van der Waals surface area (Å²) in [6, 6.07) is 15.1. The third-order valence-electron chi connectivity index (χ3n) is 4.69. The van der Waals surface area contributed by atoms with Crippen molar-refractivity contribution in [3.8, 4) is 0 Å². The Bertz CT molecular complexity index is 780. The SMILES string of the molecule is CC(=O)N(c1ccc(NC(=O)c2ccccc2C)cc1)C1CCOCC1. The van der Waals surface area contributed by atoms with E-state index in [1.165, 1.54) is 0 Å². The normalized spacial score (nSPS) is 14.7. The van der Waals surface area contributed by atoms with Gasteiger partial charge in [-0.15, -0.1) is 0 Å². The summed E-state index contributed by atoms with van der Waals surface area (Å²) in [6.45, 7) is 4.86. The maximum Gasteiger partial charge on any atom is 0.255 e.